The normalized spacial score (nSPS) is 14.9. The highest BCUT2D eigenvalue weighted by atomic mass is 79.9. The Labute approximate surface area is 184 Å². The molecular weight excluding hydrogens is 466 g/mol. The molecule has 2 N–H and O–H groups in total. The molecule has 0 unspecified atom stereocenters. The standard InChI is InChI=1S/C21H22BrN5O2S/c22-17-6-4-16(5-7-17)14-21-24-20(15-26-12-2-1-3-13-26)25-27(21)18-8-10-19(11-9-18)30(23,28)29/h1-2,4-11H,3,12-15H2,(H2,23,28,29). The van der Waals surface area contributed by atoms with Crippen LogP contribution in [0, 0.1) is 0 Å². The zero-order valence-electron chi connectivity index (χ0n) is 16.3. The molecule has 0 bridgehead atoms. The first kappa shape index (κ1) is 20.9. The molecule has 2 aromatic carbocycles. The van der Waals surface area contributed by atoms with Gasteiger partial charge in [0.1, 0.15) is 5.82 Å². The van der Waals surface area contributed by atoms with Gasteiger partial charge in [-0.25, -0.2) is 23.2 Å². The van der Waals surface area contributed by atoms with Crippen LogP contribution in [0.25, 0.3) is 5.69 Å². The number of hydrogen-bond acceptors (Lipinski definition) is 5. The molecule has 1 aliphatic heterocycles. The summed E-state index contributed by atoms with van der Waals surface area (Å²) in [5, 5.41) is 9.95. The molecule has 1 aliphatic rings. The van der Waals surface area contributed by atoms with E-state index in [-0.39, 0.29) is 4.90 Å². The fourth-order valence-corrected chi connectivity index (χ4v) is 4.16. The van der Waals surface area contributed by atoms with Gasteiger partial charge in [-0.2, -0.15) is 0 Å². The number of rotatable bonds is 6. The molecule has 0 aliphatic carbocycles. The number of halogens is 1. The van der Waals surface area contributed by atoms with Crippen LogP contribution in [0.15, 0.2) is 70.1 Å². The van der Waals surface area contributed by atoms with Crippen molar-refractivity contribution < 1.29 is 8.42 Å². The Kier molecular flexibility index (Phi) is 6.14. The molecule has 0 radical (unpaired) electrons. The second-order valence-corrected chi connectivity index (χ2v) is 9.67. The molecule has 7 nitrogen and oxygen atoms in total. The summed E-state index contributed by atoms with van der Waals surface area (Å²) in [5.41, 5.74) is 1.85. The summed E-state index contributed by atoms with van der Waals surface area (Å²) >= 11 is 3.46. The van der Waals surface area contributed by atoms with E-state index in [1.807, 2.05) is 24.3 Å². The van der Waals surface area contributed by atoms with Crippen molar-refractivity contribution in [2.24, 2.45) is 5.14 Å². The lowest BCUT2D eigenvalue weighted by molar-refractivity contribution is 0.283. The van der Waals surface area contributed by atoms with Crippen molar-refractivity contribution in [1.29, 1.82) is 0 Å². The van der Waals surface area contributed by atoms with Crippen LogP contribution in [0.2, 0.25) is 0 Å². The van der Waals surface area contributed by atoms with E-state index in [2.05, 4.69) is 33.0 Å². The van der Waals surface area contributed by atoms with Gasteiger partial charge in [0.15, 0.2) is 5.82 Å². The molecule has 0 saturated carbocycles. The Morgan fingerprint density at radius 1 is 1.03 bits per heavy atom. The Balaban J connectivity index is 1.67. The lowest BCUT2D eigenvalue weighted by Gasteiger charge is -2.20. The predicted octanol–water partition coefficient (Wildman–Crippen LogP) is 3.03. The van der Waals surface area contributed by atoms with E-state index in [1.54, 1.807) is 16.8 Å². The molecule has 4 rings (SSSR count). The molecule has 3 aromatic rings. The van der Waals surface area contributed by atoms with E-state index in [4.69, 9.17) is 15.2 Å². The first-order valence-corrected chi connectivity index (χ1v) is 11.9. The molecular formula is C21H22BrN5O2S. The third-order valence-corrected chi connectivity index (χ3v) is 6.37. The first-order valence-electron chi connectivity index (χ1n) is 9.58. The fraction of sp³-hybridized carbons (Fsp3) is 0.238. The number of hydrogen-bond donors (Lipinski definition) is 1. The van der Waals surface area contributed by atoms with Crippen LogP contribution < -0.4 is 5.14 Å². The van der Waals surface area contributed by atoms with E-state index in [1.165, 1.54) is 12.1 Å². The minimum absolute atomic E-state index is 0.0705. The molecule has 0 fully saturated rings. The largest absolute Gasteiger partial charge is 0.292 e. The molecule has 30 heavy (non-hydrogen) atoms. The number of primary sulfonamides is 1. The van der Waals surface area contributed by atoms with E-state index < -0.39 is 10.0 Å². The molecule has 156 valence electrons. The Morgan fingerprint density at radius 3 is 2.40 bits per heavy atom. The van der Waals surface area contributed by atoms with Crippen molar-refractivity contribution in [1.82, 2.24) is 19.7 Å². The lowest BCUT2D eigenvalue weighted by atomic mass is 10.1. The third-order valence-electron chi connectivity index (χ3n) is 4.91. The van der Waals surface area contributed by atoms with Crippen molar-refractivity contribution in [2.75, 3.05) is 13.1 Å². The SMILES string of the molecule is NS(=O)(=O)c1ccc(-n2nc(CN3CC=CCC3)nc2Cc2ccc(Br)cc2)cc1. The van der Waals surface area contributed by atoms with E-state index in [9.17, 15) is 8.42 Å². The maximum Gasteiger partial charge on any atom is 0.238 e. The highest BCUT2D eigenvalue weighted by molar-refractivity contribution is 9.10. The van der Waals surface area contributed by atoms with Crippen LogP contribution in [0.4, 0.5) is 0 Å². The van der Waals surface area contributed by atoms with Crippen LogP contribution in [0.5, 0.6) is 0 Å². The first-order chi connectivity index (χ1) is 14.4. The summed E-state index contributed by atoms with van der Waals surface area (Å²) < 4.78 is 25.9. The lowest BCUT2D eigenvalue weighted by Crippen LogP contribution is -2.27. The van der Waals surface area contributed by atoms with Crippen LogP contribution in [0.1, 0.15) is 23.6 Å². The van der Waals surface area contributed by atoms with Crippen LogP contribution in [-0.2, 0) is 23.0 Å². The number of nitrogens with two attached hydrogens (primary N) is 1. The van der Waals surface area contributed by atoms with E-state index >= 15 is 0 Å². The van der Waals surface area contributed by atoms with Crippen molar-refractivity contribution in [2.45, 2.75) is 24.3 Å². The fourth-order valence-electron chi connectivity index (χ4n) is 3.38. The summed E-state index contributed by atoms with van der Waals surface area (Å²) in [6, 6.07) is 14.5. The summed E-state index contributed by atoms with van der Waals surface area (Å²) in [7, 11) is -3.74. The highest BCUT2D eigenvalue weighted by Gasteiger charge is 2.16. The molecule has 9 heteroatoms. The predicted molar refractivity (Wildman–Crippen MR) is 119 cm³/mol. The average molecular weight is 488 g/mol. The van der Waals surface area contributed by atoms with Gasteiger partial charge in [-0.05, 0) is 48.4 Å². The van der Waals surface area contributed by atoms with Crippen LogP contribution >= 0.6 is 15.9 Å². The van der Waals surface area contributed by atoms with Gasteiger partial charge in [0, 0.05) is 24.0 Å². The van der Waals surface area contributed by atoms with Gasteiger partial charge in [0.05, 0.1) is 17.1 Å². The van der Waals surface area contributed by atoms with Crippen molar-refractivity contribution >= 4 is 26.0 Å². The van der Waals surface area contributed by atoms with Gasteiger partial charge in [0.25, 0.3) is 0 Å². The zero-order chi connectivity index (χ0) is 21.1. The second-order valence-electron chi connectivity index (χ2n) is 7.19. The van der Waals surface area contributed by atoms with Gasteiger partial charge in [-0.1, -0.05) is 40.2 Å². The minimum atomic E-state index is -3.74. The zero-order valence-corrected chi connectivity index (χ0v) is 18.7. The van der Waals surface area contributed by atoms with Crippen molar-refractivity contribution in [3.63, 3.8) is 0 Å². The summed E-state index contributed by atoms with van der Waals surface area (Å²) in [5.74, 6) is 1.54. The number of aromatic nitrogens is 3. The monoisotopic (exact) mass is 487 g/mol. The van der Waals surface area contributed by atoms with Gasteiger partial charge in [0.2, 0.25) is 10.0 Å². The van der Waals surface area contributed by atoms with Crippen LogP contribution in [0.3, 0.4) is 0 Å². The third kappa shape index (κ3) is 5.04. The maximum atomic E-state index is 11.6. The van der Waals surface area contributed by atoms with Gasteiger partial charge in [-0.15, -0.1) is 5.10 Å². The Morgan fingerprint density at radius 2 is 1.77 bits per heavy atom. The minimum Gasteiger partial charge on any atom is -0.292 e. The van der Waals surface area contributed by atoms with E-state index in [0.29, 0.717) is 13.0 Å². The number of benzene rings is 2. The second kappa shape index (κ2) is 8.81. The molecule has 0 spiro atoms. The molecule has 0 amide bonds. The van der Waals surface area contributed by atoms with Crippen molar-refractivity contribution in [3.8, 4) is 5.69 Å². The molecule has 2 heterocycles. The topological polar surface area (TPSA) is 94.1 Å². The molecule has 0 saturated heterocycles. The smallest absolute Gasteiger partial charge is 0.238 e. The molecule has 0 atom stereocenters. The summed E-state index contributed by atoms with van der Waals surface area (Å²) in [4.78, 5) is 7.17. The van der Waals surface area contributed by atoms with Gasteiger partial charge >= 0.3 is 0 Å². The highest BCUT2D eigenvalue weighted by Crippen LogP contribution is 2.19. The number of nitrogens with zero attached hydrogens (tertiary/aromatic N) is 4. The maximum absolute atomic E-state index is 11.6. The average Bonchev–Trinajstić information content (AvgIpc) is 3.12. The summed E-state index contributed by atoms with van der Waals surface area (Å²) in [6.45, 7) is 2.54. The number of sulfonamides is 1. The molecule has 1 aromatic heterocycles. The van der Waals surface area contributed by atoms with E-state index in [0.717, 1.165) is 46.9 Å². The quantitative estimate of drug-likeness (QED) is 0.539. The summed E-state index contributed by atoms with van der Waals surface area (Å²) in [6.07, 6.45) is 5.99. The van der Waals surface area contributed by atoms with Gasteiger partial charge in [-0.3, -0.25) is 4.90 Å². The van der Waals surface area contributed by atoms with Crippen LogP contribution in [-0.4, -0.2) is 41.2 Å². The Bertz CT molecular complexity index is 1160. The van der Waals surface area contributed by atoms with Gasteiger partial charge < -0.3 is 0 Å². The Hall–Kier alpha value is -2.33. The van der Waals surface area contributed by atoms with Crippen molar-refractivity contribution in [3.05, 3.63) is 82.4 Å².